The van der Waals surface area contributed by atoms with Crippen LogP contribution in [0.5, 0.6) is 0 Å². The Morgan fingerprint density at radius 1 is 0.706 bits per heavy atom. The largest absolute Gasteiger partial charge is 0.224 e. The zero-order valence-electron chi connectivity index (χ0n) is 9.36. The maximum absolute atomic E-state index is 11.4. The molecule has 0 radical (unpaired) electrons. The molecule has 1 N–H and O–H groups in total. The van der Waals surface area contributed by atoms with E-state index in [9.17, 15) is 16.8 Å². The Balaban J connectivity index is 4.19. The lowest BCUT2D eigenvalue weighted by atomic mass is 10.4. The number of rotatable bonds is 10. The second-order valence-electron chi connectivity index (χ2n) is 3.51. The first-order valence-electron chi connectivity index (χ1n) is 5.19. The summed E-state index contributed by atoms with van der Waals surface area (Å²) in [7, 11) is -7.56. The Kier molecular flexibility index (Phi) is 8.75. The van der Waals surface area contributed by atoms with Crippen LogP contribution < -0.4 is 4.13 Å². The summed E-state index contributed by atoms with van der Waals surface area (Å²) in [5.74, 6) is 0.263. The fourth-order valence-electron chi connectivity index (χ4n) is 1.05. The van der Waals surface area contributed by atoms with Gasteiger partial charge in [0.05, 0.1) is 11.5 Å². The molecule has 104 valence electrons. The second kappa shape index (κ2) is 8.53. The molecule has 0 unspecified atom stereocenters. The Labute approximate surface area is 113 Å². The van der Waals surface area contributed by atoms with E-state index in [0.717, 1.165) is 0 Å². The van der Waals surface area contributed by atoms with Gasteiger partial charge < -0.3 is 0 Å². The molecule has 5 nitrogen and oxygen atoms in total. The highest BCUT2D eigenvalue weighted by molar-refractivity contribution is 8.04. The van der Waals surface area contributed by atoms with Crippen LogP contribution in [-0.2, 0) is 20.0 Å². The van der Waals surface area contributed by atoms with E-state index < -0.39 is 20.0 Å². The summed E-state index contributed by atoms with van der Waals surface area (Å²) in [6.45, 7) is 0. The van der Waals surface area contributed by atoms with Crippen LogP contribution in [0.4, 0.5) is 0 Å². The van der Waals surface area contributed by atoms with Crippen molar-refractivity contribution in [3.05, 3.63) is 0 Å². The first-order valence-corrected chi connectivity index (χ1v) is 9.56. The van der Waals surface area contributed by atoms with Gasteiger partial charge >= 0.3 is 0 Å². The number of sulfonamides is 2. The molecule has 0 aromatic heterocycles. The van der Waals surface area contributed by atoms with E-state index in [0.29, 0.717) is 37.4 Å². The van der Waals surface area contributed by atoms with Gasteiger partial charge in [0, 0.05) is 11.8 Å². The predicted octanol–water partition coefficient (Wildman–Crippen LogP) is 1.27. The lowest BCUT2D eigenvalue weighted by molar-refractivity contribution is 0.573. The Bertz CT molecular complexity index is 356. The summed E-state index contributed by atoms with van der Waals surface area (Å²) < 4.78 is 47.3. The zero-order valence-corrected chi connectivity index (χ0v) is 12.5. The van der Waals surface area contributed by atoms with Gasteiger partial charge in [0.2, 0.25) is 20.0 Å². The molecule has 9 heteroatoms. The van der Waals surface area contributed by atoms with E-state index in [-0.39, 0.29) is 11.5 Å². The number of unbranched alkanes of at least 4 members (excludes halogenated alkanes) is 2. The Morgan fingerprint density at radius 2 is 1.06 bits per heavy atom. The molecule has 0 spiro atoms. The molecule has 0 saturated heterocycles. The van der Waals surface area contributed by atoms with Crippen LogP contribution in [-0.4, -0.2) is 40.1 Å². The standard InChI is InChI=1S/C8H17Cl2NO4S2/c9-5-1-3-7-16(12,13)11-17(14,15)8-4-2-6-10/h11H,1-8H2. The average Bonchev–Trinajstić information content (AvgIpc) is 2.16. The average molecular weight is 326 g/mol. The maximum Gasteiger partial charge on any atom is 0.224 e. The molecule has 17 heavy (non-hydrogen) atoms. The van der Waals surface area contributed by atoms with Crippen molar-refractivity contribution in [3.8, 4) is 0 Å². The first kappa shape index (κ1) is 17.4. The molecule has 0 fully saturated rings. The van der Waals surface area contributed by atoms with Crippen molar-refractivity contribution in [2.75, 3.05) is 23.3 Å². The van der Waals surface area contributed by atoms with E-state index in [2.05, 4.69) is 0 Å². The van der Waals surface area contributed by atoms with Crippen molar-refractivity contribution >= 4 is 43.2 Å². The minimum atomic E-state index is -3.78. The van der Waals surface area contributed by atoms with E-state index in [1.54, 1.807) is 4.13 Å². The van der Waals surface area contributed by atoms with Gasteiger partial charge in [-0.3, -0.25) is 0 Å². The maximum atomic E-state index is 11.4. The summed E-state index contributed by atoms with van der Waals surface area (Å²) in [6, 6.07) is 0. The van der Waals surface area contributed by atoms with Crippen LogP contribution in [0.15, 0.2) is 0 Å². The number of hydrogen-bond donors (Lipinski definition) is 1. The van der Waals surface area contributed by atoms with Crippen LogP contribution in [0.1, 0.15) is 25.7 Å². The minimum Gasteiger partial charge on any atom is -0.211 e. The molecule has 0 atom stereocenters. The van der Waals surface area contributed by atoms with Crippen LogP contribution >= 0.6 is 23.2 Å². The molecular weight excluding hydrogens is 309 g/mol. The predicted molar refractivity (Wildman–Crippen MR) is 70.6 cm³/mol. The van der Waals surface area contributed by atoms with E-state index >= 15 is 0 Å². The van der Waals surface area contributed by atoms with E-state index in [1.807, 2.05) is 0 Å². The lowest BCUT2D eigenvalue weighted by Crippen LogP contribution is -2.34. The highest BCUT2D eigenvalue weighted by Crippen LogP contribution is 2.01. The summed E-state index contributed by atoms with van der Waals surface area (Å²) >= 11 is 10.8. The number of hydrogen-bond acceptors (Lipinski definition) is 4. The van der Waals surface area contributed by atoms with Crippen LogP contribution in [0.25, 0.3) is 0 Å². The Hall–Kier alpha value is 0.440. The number of alkyl halides is 2. The van der Waals surface area contributed by atoms with Gasteiger partial charge in [-0.15, -0.1) is 27.3 Å². The molecule has 0 amide bonds. The lowest BCUT2D eigenvalue weighted by Gasteiger charge is -2.07. The van der Waals surface area contributed by atoms with Gasteiger partial charge in [0.15, 0.2) is 0 Å². The third kappa shape index (κ3) is 10.1. The van der Waals surface area contributed by atoms with E-state index in [4.69, 9.17) is 23.2 Å². The SMILES string of the molecule is O=S(=O)(CCCCCl)NS(=O)(=O)CCCCCl. The van der Waals surface area contributed by atoms with Gasteiger partial charge in [-0.1, -0.05) is 0 Å². The summed E-state index contributed by atoms with van der Waals surface area (Å²) in [4.78, 5) is 0. The topological polar surface area (TPSA) is 80.3 Å². The molecule has 0 saturated carbocycles. The van der Waals surface area contributed by atoms with Gasteiger partial charge in [-0.05, 0) is 25.7 Å². The first-order chi connectivity index (χ1) is 7.83. The highest BCUT2D eigenvalue weighted by atomic mass is 35.5. The van der Waals surface area contributed by atoms with Crippen molar-refractivity contribution in [2.24, 2.45) is 0 Å². The molecular formula is C8H17Cl2NO4S2. The normalized spacial score (nSPS) is 12.8. The van der Waals surface area contributed by atoms with Gasteiger partial charge in [0.25, 0.3) is 0 Å². The zero-order chi connectivity index (χ0) is 13.4. The summed E-state index contributed by atoms with van der Waals surface area (Å²) in [6.07, 6.45) is 1.76. The highest BCUT2D eigenvalue weighted by Gasteiger charge is 2.19. The Morgan fingerprint density at radius 3 is 1.35 bits per heavy atom. The molecule has 0 aromatic carbocycles. The quantitative estimate of drug-likeness (QED) is 0.484. The minimum absolute atomic E-state index is 0.228. The molecule has 0 aliphatic carbocycles. The second-order valence-corrected chi connectivity index (χ2v) is 8.21. The van der Waals surface area contributed by atoms with Gasteiger partial charge in [-0.25, -0.2) is 16.8 Å². The third-order valence-corrected chi connectivity index (χ3v) is 6.07. The molecule has 0 bridgehead atoms. The van der Waals surface area contributed by atoms with Crippen LogP contribution in [0.2, 0.25) is 0 Å². The van der Waals surface area contributed by atoms with E-state index in [1.165, 1.54) is 0 Å². The van der Waals surface area contributed by atoms with Crippen LogP contribution in [0.3, 0.4) is 0 Å². The number of halogens is 2. The van der Waals surface area contributed by atoms with Gasteiger partial charge in [-0.2, -0.15) is 0 Å². The molecule has 0 aliphatic rings. The fourth-order valence-corrected chi connectivity index (χ4v) is 4.81. The van der Waals surface area contributed by atoms with Crippen molar-refractivity contribution in [2.45, 2.75) is 25.7 Å². The van der Waals surface area contributed by atoms with Crippen LogP contribution in [0, 0.1) is 0 Å². The smallest absolute Gasteiger partial charge is 0.211 e. The third-order valence-electron chi connectivity index (χ3n) is 1.85. The molecule has 0 aliphatic heterocycles. The molecule has 0 rings (SSSR count). The molecule has 0 heterocycles. The summed E-state index contributed by atoms with van der Waals surface area (Å²) in [5.41, 5.74) is 0. The van der Waals surface area contributed by atoms with Crippen molar-refractivity contribution in [3.63, 3.8) is 0 Å². The van der Waals surface area contributed by atoms with Crippen molar-refractivity contribution in [1.29, 1.82) is 0 Å². The fraction of sp³-hybridized carbons (Fsp3) is 1.00. The van der Waals surface area contributed by atoms with Crippen molar-refractivity contribution < 1.29 is 16.8 Å². The molecule has 0 aromatic rings. The van der Waals surface area contributed by atoms with Gasteiger partial charge in [0.1, 0.15) is 0 Å². The van der Waals surface area contributed by atoms with Crippen molar-refractivity contribution in [1.82, 2.24) is 4.13 Å². The number of nitrogens with one attached hydrogen (secondary N) is 1. The summed E-state index contributed by atoms with van der Waals surface area (Å²) in [5, 5.41) is 0. The monoisotopic (exact) mass is 325 g/mol.